The van der Waals surface area contributed by atoms with E-state index in [9.17, 15) is 0 Å². The largest absolute Gasteiger partial charge is 0.292 e. The van der Waals surface area contributed by atoms with Crippen molar-refractivity contribution in [2.75, 3.05) is 0 Å². The standard InChI is InChI=1S/C39H24N4.C36H22N4.C30H18N4.C29H17N3/c1-2-7-26(8-3-1)39-42-35-10-4-5-11-38(35)43(39)31-17-14-25(15-18-31)34-19-16-30-22-33-28(24-37(30)41-34)13-12-27-23-36-29(21-32(27)33)9-6-20-40-36;1-3-8-23(9-4-1)32-22-33(24-10-5-2-6-11-24)40-36(39-32)31-20-17-28-30(38-31)19-16-26-14-13-25-15-18-29-27(12-7-21-37-29)34(25)35(26)28;1-2-16-31-24(5-1)21-10-14-27(33-18-21)28-15-11-23-26(34-28)13-9-20-7-6-19-8-12-25-22(4-3-17-32-25)29(19)30(20)23;1-2-6-25-18(4-1)9-11-26(31-25)27-12-10-22-15-24-20(17-29(22)32-27)8-7-19-16-28-21(14-23(19)24)5-3-13-30-28/h1-24H;1-22H;1-18H;1-17H. The lowest BCUT2D eigenvalue weighted by atomic mass is 9.95. The number of imidazole rings is 1. The lowest BCUT2D eigenvalue weighted by molar-refractivity contribution is 1.10. The van der Waals surface area contributed by atoms with Gasteiger partial charge in [0.15, 0.2) is 5.82 Å². The van der Waals surface area contributed by atoms with Gasteiger partial charge in [0.2, 0.25) is 0 Å². The monoisotopic (exact) mass is 1900 g/mol. The Morgan fingerprint density at radius 2 is 0.510 bits per heavy atom. The summed E-state index contributed by atoms with van der Waals surface area (Å²) < 4.78 is 2.23. The summed E-state index contributed by atoms with van der Waals surface area (Å²) in [7, 11) is 0. The second kappa shape index (κ2) is 36.5. The quantitative estimate of drug-likeness (QED) is 0.0981. The number of benzene rings is 18. The van der Waals surface area contributed by atoms with Crippen LogP contribution in [0.1, 0.15) is 0 Å². The summed E-state index contributed by atoms with van der Waals surface area (Å²) in [5, 5.41) is 29.6. The third kappa shape index (κ3) is 16.0. The molecule has 0 saturated carbocycles. The van der Waals surface area contributed by atoms with Crippen LogP contribution in [0.5, 0.6) is 0 Å². The molecule has 0 aliphatic heterocycles. The average Bonchev–Trinajstić information content (AvgIpc) is 0.999. The summed E-state index contributed by atoms with van der Waals surface area (Å²) in [6, 6.07) is 158. The summed E-state index contributed by atoms with van der Waals surface area (Å²) in [5.74, 6) is 1.54. The second-order valence-electron chi connectivity index (χ2n) is 37.5. The highest BCUT2D eigenvalue weighted by Crippen LogP contribution is 2.43. The Kier molecular flexibility index (Phi) is 21.2. The first-order valence-corrected chi connectivity index (χ1v) is 49.7. The fourth-order valence-electron chi connectivity index (χ4n) is 21.2. The SMILES string of the molecule is c1ccc(-c2cc(-c3ccccc3)nc(-c3ccc4c(ccc5ccc6ccc7ncccc7c6c54)n3)n2)cc1.c1ccc(-c2ccc(-c3ccc4c(ccc5ccc6ccc7ncccc7c6c54)n3)nc2)nc1.c1ccc(-c2nc3ccccc3n2-c2ccc(-c3ccc4cc5c(ccc6cc7ncccc7cc65)cc4n3)cc2)cc1.c1cnc2cc3ccc4cc5nc(-c6ccc7ccccc7n6)ccc5cc4c3cc2c1. The fraction of sp³-hybridized carbons (Fsp3) is 0. The number of pyridine rings is 11. The maximum atomic E-state index is 5.11. The smallest absolute Gasteiger partial charge is 0.179 e. The Hall–Kier alpha value is -20.4. The highest BCUT2D eigenvalue weighted by atomic mass is 15.1. The van der Waals surface area contributed by atoms with Crippen LogP contribution in [0.15, 0.2) is 492 Å². The predicted molar refractivity (Wildman–Crippen MR) is 613 cm³/mol. The van der Waals surface area contributed by atoms with E-state index in [1.807, 2.05) is 171 Å². The molecule has 0 N–H and O–H groups in total. The maximum Gasteiger partial charge on any atom is 0.179 e. The molecule has 15 heteroatoms. The van der Waals surface area contributed by atoms with Gasteiger partial charge in [-0.15, -0.1) is 0 Å². The molecule has 0 radical (unpaired) electrons. The van der Waals surface area contributed by atoms with E-state index in [0.29, 0.717) is 5.82 Å². The minimum atomic E-state index is 0.606. The van der Waals surface area contributed by atoms with E-state index >= 15 is 0 Å². The lowest BCUT2D eigenvalue weighted by Crippen LogP contribution is -1.97. The van der Waals surface area contributed by atoms with E-state index in [4.69, 9.17) is 39.9 Å². The van der Waals surface area contributed by atoms with Crippen LogP contribution in [0.25, 0.3) is 292 Å². The third-order valence-electron chi connectivity index (χ3n) is 28.5. The summed E-state index contributed by atoms with van der Waals surface area (Å²) >= 11 is 0. The number of para-hydroxylation sites is 3. The summed E-state index contributed by atoms with van der Waals surface area (Å²) in [6.45, 7) is 0. The highest BCUT2D eigenvalue weighted by molar-refractivity contribution is 6.29. The maximum absolute atomic E-state index is 5.11. The van der Waals surface area contributed by atoms with Crippen molar-refractivity contribution in [2.24, 2.45) is 0 Å². The number of hydrogen-bond donors (Lipinski definition) is 0. The van der Waals surface area contributed by atoms with E-state index in [1.165, 1.54) is 86.2 Å². The normalized spacial score (nSPS) is 11.6. The molecule has 692 valence electrons. The first-order valence-electron chi connectivity index (χ1n) is 49.7. The van der Waals surface area contributed by atoms with E-state index < -0.39 is 0 Å². The number of nitrogens with zero attached hydrogens (tertiary/aromatic N) is 15. The Balaban J connectivity index is 0.0000000962. The molecule has 13 heterocycles. The van der Waals surface area contributed by atoms with Crippen molar-refractivity contribution in [2.45, 2.75) is 0 Å². The Labute approximate surface area is 852 Å². The molecule has 0 bridgehead atoms. The molecular formula is C134H81N15. The van der Waals surface area contributed by atoms with Crippen molar-refractivity contribution >= 4 is 195 Å². The molecule has 149 heavy (non-hydrogen) atoms. The van der Waals surface area contributed by atoms with Gasteiger partial charge in [-0.1, -0.05) is 255 Å². The molecular weight excluding hydrogens is 1820 g/mol. The minimum Gasteiger partial charge on any atom is -0.292 e. The van der Waals surface area contributed by atoms with Crippen molar-refractivity contribution in [3.8, 4) is 96.4 Å². The molecule has 0 fully saturated rings. The molecule has 15 nitrogen and oxygen atoms in total. The van der Waals surface area contributed by atoms with Gasteiger partial charge in [-0.3, -0.25) is 34.5 Å². The zero-order chi connectivity index (χ0) is 98.4. The van der Waals surface area contributed by atoms with Crippen molar-refractivity contribution in [1.29, 1.82) is 0 Å². The first kappa shape index (κ1) is 86.5. The Bertz CT molecular complexity index is 10800. The van der Waals surface area contributed by atoms with E-state index in [1.54, 1.807) is 6.20 Å². The Morgan fingerprint density at radius 1 is 0.148 bits per heavy atom. The first-order chi connectivity index (χ1) is 73.8. The fourth-order valence-corrected chi connectivity index (χ4v) is 21.2. The van der Waals surface area contributed by atoms with Gasteiger partial charge < -0.3 is 0 Å². The van der Waals surface area contributed by atoms with Gasteiger partial charge in [-0.2, -0.15) is 0 Å². The van der Waals surface area contributed by atoms with Gasteiger partial charge >= 0.3 is 0 Å². The topological polar surface area (TPSA) is 185 Å². The van der Waals surface area contributed by atoms with Crippen LogP contribution in [0.2, 0.25) is 0 Å². The van der Waals surface area contributed by atoms with Gasteiger partial charge in [0.25, 0.3) is 0 Å². The van der Waals surface area contributed by atoms with Crippen LogP contribution >= 0.6 is 0 Å². The van der Waals surface area contributed by atoms with Crippen molar-refractivity contribution in [3.05, 3.63) is 492 Å². The second-order valence-corrected chi connectivity index (χ2v) is 37.5. The van der Waals surface area contributed by atoms with Crippen LogP contribution in [-0.4, -0.2) is 74.3 Å². The molecule has 31 aromatic rings. The van der Waals surface area contributed by atoms with Crippen LogP contribution in [0.4, 0.5) is 0 Å². The number of aromatic nitrogens is 15. The lowest BCUT2D eigenvalue weighted by Gasteiger charge is -2.12. The number of rotatable bonds is 9. The van der Waals surface area contributed by atoms with E-state index in [0.717, 1.165) is 200 Å². The van der Waals surface area contributed by atoms with Crippen LogP contribution in [0, 0.1) is 0 Å². The predicted octanol–water partition coefficient (Wildman–Crippen LogP) is 33.2. The van der Waals surface area contributed by atoms with Gasteiger partial charge in [0.05, 0.1) is 106 Å². The van der Waals surface area contributed by atoms with Gasteiger partial charge in [0.1, 0.15) is 11.5 Å². The van der Waals surface area contributed by atoms with Gasteiger partial charge in [0, 0.05) is 119 Å². The molecule has 0 amide bonds. The van der Waals surface area contributed by atoms with Crippen LogP contribution in [-0.2, 0) is 0 Å². The van der Waals surface area contributed by atoms with Crippen molar-refractivity contribution in [3.63, 3.8) is 0 Å². The molecule has 18 aromatic carbocycles. The molecule has 0 spiro atoms. The molecule has 0 unspecified atom stereocenters. The van der Waals surface area contributed by atoms with Crippen LogP contribution < -0.4 is 0 Å². The number of fused-ring (bicyclic) bond motifs is 26. The molecule has 31 rings (SSSR count). The average molecular weight is 1900 g/mol. The van der Waals surface area contributed by atoms with E-state index in [2.05, 4.69) is 350 Å². The third-order valence-corrected chi connectivity index (χ3v) is 28.5. The highest BCUT2D eigenvalue weighted by Gasteiger charge is 2.22. The molecule has 13 aromatic heterocycles. The zero-order valence-corrected chi connectivity index (χ0v) is 80.0. The van der Waals surface area contributed by atoms with Crippen molar-refractivity contribution in [1.82, 2.24) is 74.3 Å². The summed E-state index contributed by atoms with van der Waals surface area (Å²) in [4.78, 5) is 67.2. The van der Waals surface area contributed by atoms with Crippen LogP contribution in [0.3, 0.4) is 0 Å². The molecule has 0 aliphatic rings. The summed E-state index contributed by atoms with van der Waals surface area (Å²) in [6.07, 6.45) is 11.0. The molecule has 0 atom stereocenters. The summed E-state index contributed by atoms with van der Waals surface area (Å²) in [5.41, 5.74) is 25.0. The number of hydrogen-bond acceptors (Lipinski definition) is 14. The van der Waals surface area contributed by atoms with E-state index in [-0.39, 0.29) is 0 Å². The van der Waals surface area contributed by atoms with Gasteiger partial charge in [-0.25, -0.2) is 39.9 Å². The minimum absolute atomic E-state index is 0.606. The molecule has 0 saturated heterocycles. The zero-order valence-electron chi connectivity index (χ0n) is 80.0. The van der Waals surface area contributed by atoms with Gasteiger partial charge in [-0.05, 0) is 286 Å². The van der Waals surface area contributed by atoms with Crippen molar-refractivity contribution < 1.29 is 0 Å². The Morgan fingerprint density at radius 3 is 1.04 bits per heavy atom. The molecule has 0 aliphatic carbocycles.